The Morgan fingerprint density at radius 2 is 1.43 bits per heavy atom. The van der Waals surface area contributed by atoms with Gasteiger partial charge in [0, 0.05) is 13.1 Å². The lowest BCUT2D eigenvalue weighted by molar-refractivity contribution is 0.0926. The van der Waals surface area contributed by atoms with Crippen molar-refractivity contribution in [1.29, 1.82) is 0 Å². The lowest BCUT2D eigenvalue weighted by atomic mass is 10.1. The van der Waals surface area contributed by atoms with Gasteiger partial charge in [0.2, 0.25) is 0 Å². The van der Waals surface area contributed by atoms with E-state index in [4.69, 9.17) is 11.6 Å². The molecule has 0 aromatic heterocycles. The van der Waals surface area contributed by atoms with Crippen LogP contribution < -0.4 is 9.80 Å². The Morgan fingerprint density at radius 1 is 0.826 bits per heavy atom. The fourth-order valence-electron chi connectivity index (χ4n) is 3.35. The van der Waals surface area contributed by atoms with E-state index in [0.717, 1.165) is 31.6 Å². The zero-order valence-corrected chi connectivity index (χ0v) is 13.2. The highest BCUT2D eigenvalue weighted by Gasteiger charge is 2.38. The molecule has 2 aromatic carbocycles. The van der Waals surface area contributed by atoms with Crippen LogP contribution >= 0.6 is 11.6 Å². The number of hydrogen-bond donors (Lipinski definition) is 0. The minimum atomic E-state index is -0.284. The Hall–Kier alpha value is -2.33. The summed E-state index contributed by atoms with van der Waals surface area (Å²) in [6.07, 6.45) is 2.18. The topological polar surface area (TPSA) is 40.6 Å². The van der Waals surface area contributed by atoms with Gasteiger partial charge in [0.1, 0.15) is 0 Å². The monoisotopic (exact) mass is 326 g/mol. The van der Waals surface area contributed by atoms with Crippen LogP contribution in [-0.4, -0.2) is 24.9 Å². The van der Waals surface area contributed by atoms with Crippen molar-refractivity contribution in [3.05, 3.63) is 58.6 Å². The second-order valence-electron chi connectivity index (χ2n) is 5.79. The highest BCUT2D eigenvalue weighted by atomic mass is 35.5. The van der Waals surface area contributed by atoms with E-state index >= 15 is 0 Å². The van der Waals surface area contributed by atoms with Crippen LogP contribution in [0.4, 0.5) is 11.4 Å². The van der Waals surface area contributed by atoms with E-state index in [-0.39, 0.29) is 11.8 Å². The van der Waals surface area contributed by atoms with Crippen molar-refractivity contribution in [1.82, 2.24) is 0 Å². The molecule has 23 heavy (non-hydrogen) atoms. The molecule has 5 heteroatoms. The van der Waals surface area contributed by atoms with E-state index in [1.165, 1.54) is 4.90 Å². The Balaban J connectivity index is 1.85. The van der Waals surface area contributed by atoms with E-state index in [1.807, 2.05) is 0 Å². The summed E-state index contributed by atoms with van der Waals surface area (Å²) < 4.78 is 0. The molecule has 116 valence electrons. The Bertz CT molecular complexity index is 777. The first-order valence-corrected chi connectivity index (χ1v) is 8.07. The summed E-state index contributed by atoms with van der Waals surface area (Å²) in [6.45, 7) is 1.78. The van der Waals surface area contributed by atoms with Gasteiger partial charge in [-0.2, -0.15) is 0 Å². The number of nitrogens with zero attached hydrogens (tertiary/aromatic N) is 2. The molecule has 1 saturated heterocycles. The van der Waals surface area contributed by atoms with Gasteiger partial charge in [-0.3, -0.25) is 9.59 Å². The molecule has 0 bridgehead atoms. The third-order valence-corrected chi connectivity index (χ3v) is 4.73. The Labute approximate surface area is 139 Å². The number of para-hydroxylation sites is 1. The number of anilines is 2. The molecule has 0 saturated carbocycles. The average molecular weight is 327 g/mol. The van der Waals surface area contributed by atoms with Gasteiger partial charge in [-0.05, 0) is 37.1 Å². The summed E-state index contributed by atoms with van der Waals surface area (Å²) in [5.74, 6) is -0.568. The number of fused-ring (bicyclic) bond motifs is 1. The van der Waals surface area contributed by atoms with Crippen LogP contribution in [0.2, 0.25) is 5.02 Å². The first-order valence-electron chi connectivity index (χ1n) is 7.70. The minimum absolute atomic E-state index is 0.284. The molecule has 0 N–H and O–H groups in total. The fraction of sp³-hybridized carbons (Fsp3) is 0.222. The minimum Gasteiger partial charge on any atom is -0.369 e. The van der Waals surface area contributed by atoms with Crippen molar-refractivity contribution in [2.24, 2.45) is 0 Å². The molecule has 4 rings (SSSR count). The number of rotatable bonds is 2. The molecule has 0 aliphatic carbocycles. The molecule has 2 heterocycles. The maximum absolute atomic E-state index is 12.7. The van der Waals surface area contributed by atoms with Crippen LogP contribution in [0.15, 0.2) is 42.5 Å². The Morgan fingerprint density at radius 3 is 2.04 bits per heavy atom. The van der Waals surface area contributed by atoms with Gasteiger partial charge in [-0.1, -0.05) is 29.8 Å². The molecule has 2 amide bonds. The highest BCUT2D eigenvalue weighted by Crippen LogP contribution is 2.41. The summed E-state index contributed by atoms with van der Waals surface area (Å²) in [6, 6.07) is 12.3. The number of carbonyl (C=O) groups excluding carboxylic acids is 2. The third-order valence-electron chi connectivity index (χ3n) is 4.42. The fourth-order valence-corrected chi connectivity index (χ4v) is 3.64. The second-order valence-corrected chi connectivity index (χ2v) is 6.20. The van der Waals surface area contributed by atoms with Crippen molar-refractivity contribution in [2.75, 3.05) is 22.9 Å². The van der Waals surface area contributed by atoms with Gasteiger partial charge in [0.15, 0.2) is 0 Å². The maximum Gasteiger partial charge on any atom is 0.266 e. The second kappa shape index (κ2) is 5.39. The van der Waals surface area contributed by atoms with Crippen molar-refractivity contribution in [3.63, 3.8) is 0 Å². The summed E-state index contributed by atoms with van der Waals surface area (Å²) in [5, 5.41) is 0.570. The predicted octanol–water partition coefficient (Wildman–Crippen LogP) is 3.74. The van der Waals surface area contributed by atoms with Gasteiger partial charge in [0.25, 0.3) is 11.8 Å². The largest absolute Gasteiger partial charge is 0.369 e. The molecular weight excluding hydrogens is 312 g/mol. The highest BCUT2D eigenvalue weighted by molar-refractivity contribution is 6.38. The van der Waals surface area contributed by atoms with Crippen LogP contribution in [0.5, 0.6) is 0 Å². The van der Waals surface area contributed by atoms with Crippen molar-refractivity contribution >= 4 is 34.8 Å². The molecule has 2 aliphatic heterocycles. The van der Waals surface area contributed by atoms with Crippen LogP contribution in [0.3, 0.4) is 0 Å². The maximum atomic E-state index is 12.7. The number of benzene rings is 2. The van der Waals surface area contributed by atoms with E-state index in [9.17, 15) is 9.59 Å². The lowest BCUT2D eigenvalue weighted by Gasteiger charge is -2.26. The van der Waals surface area contributed by atoms with E-state index < -0.39 is 0 Å². The molecule has 0 spiro atoms. The van der Waals surface area contributed by atoms with Gasteiger partial charge in [-0.25, -0.2) is 4.90 Å². The summed E-state index contributed by atoms with van der Waals surface area (Å²) in [4.78, 5) is 28.9. The van der Waals surface area contributed by atoms with E-state index in [2.05, 4.69) is 4.90 Å². The molecule has 0 radical (unpaired) electrons. The number of carbonyl (C=O) groups is 2. The quantitative estimate of drug-likeness (QED) is 0.789. The van der Waals surface area contributed by atoms with E-state index in [0.29, 0.717) is 21.8 Å². The van der Waals surface area contributed by atoms with Crippen molar-refractivity contribution in [2.45, 2.75) is 12.8 Å². The van der Waals surface area contributed by atoms with Crippen molar-refractivity contribution < 1.29 is 9.59 Å². The zero-order valence-electron chi connectivity index (χ0n) is 12.5. The SMILES string of the molecule is O=C1c2ccccc2C(=O)N1c1cccc(Cl)c1N1CCCC1. The molecule has 2 aliphatic rings. The van der Waals surface area contributed by atoms with Crippen LogP contribution in [-0.2, 0) is 0 Å². The van der Waals surface area contributed by atoms with Crippen LogP contribution in [0, 0.1) is 0 Å². The molecule has 0 unspecified atom stereocenters. The van der Waals surface area contributed by atoms with Gasteiger partial charge >= 0.3 is 0 Å². The van der Waals surface area contributed by atoms with Crippen LogP contribution in [0.1, 0.15) is 33.6 Å². The summed E-state index contributed by atoms with van der Waals surface area (Å²) >= 11 is 6.40. The van der Waals surface area contributed by atoms with Crippen LogP contribution in [0.25, 0.3) is 0 Å². The number of amides is 2. The lowest BCUT2D eigenvalue weighted by Crippen LogP contribution is -2.32. The van der Waals surface area contributed by atoms with Gasteiger partial charge < -0.3 is 4.90 Å². The first-order chi connectivity index (χ1) is 11.2. The number of hydrogen-bond acceptors (Lipinski definition) is 3. The van der Waals surface area contributed by atoms with Crippen molar-refractivity contribution in [3.8, 4) is 0 Å². The molecule has 0 atom stereocenters. The standard InChI is InChI=1S/C18H15ClN2O2/c19-14-8-5-9-15(16(14)20-10-3-4-11-20)21-17(22)12-6-1-2-7-13(12)18(21)23/h1-2,5-9H,3-4,10-11H2. The van der Waals surface area contributed by atoms with E-state index in [1.54, 1.807) is 42.5 Å². The molecule has 4 nitrogen and oxygen atoms in total. The normalized spacial score (nSPS) is 17.1. The van der Waals surface area contributed by atoms with Gasteiger partial charge in [0.05, 0.1) is 27.5 Å². The Kier molecular flexibility index (Phi) is 3.34. The smallest absolute Gasteiger partial charge is 0.266 e. The number of imide groups is 1. The third kappa shape index (κ3) is 2.13. The zero-order chi connectivity index (χ0) is 16.0. The molecule has 1 fully saturated rings. The van der Waals surface area contributed by atoms with Gasteiger partial charge in [-0.15, -0.1) is 0 Å². The predicted molar refractivity (Wildman–Crippen MR) is 90.5 cm³/mol. The molecule has 2 aromatic rings. The summed E-state index contributed by atoms with van der Waals surface area (Å²) in [7, 11) is 0. The number of halogens is 1. The first kappa shape index (κ1) is 14.3. The average Bonchev–Trinajstić information content (AvgIpc) is 3.16. The molecular formula is C18H15ClN2O2. The summed E-state index contributed by atoms with van der Waals surface area (Å²) in [5.41, 5.74) is 2.25.